The summed E-state index contributed by atoms with van der Waals surface area (Å²) < 4.78 is 0. The van der Waals surface area contributed by atoms with E-state index in [1.165, 1.54) is 12.8 Å². The standard InChI is InChI=1S/C9H16O2/c1-2-3-4-5-6-7-8-9(10)11/h5-6H,2-4,7-8H2,1H3,(H,10,11). The van der Waals surface area contributed by atoms with E-state index >= 15 is 0 Å². The summed E-state index contributed by atoms with van der Waals surface area (Å²) >= 11 is 0. The monoisotopic (exact) mass is 156 g/mol. The van der Waals surface area contributed by atoms with Crippen LogP contribution in [0.4, 0.5) is 0 Å². The number of unbranched alkanes of at least 4 members (excludes halogenated alkanes) is 2. The van der Waals surface area contributed by atoms with Gasteiger partial charge in [0.1, 0.15) is 0 Å². The second-order valence-electron chi connectivity index (χ2n) is 2.55. The lowest BCUT2D eigenvalue weighted by atomic mass is 10.2. The number of allylic oxidation sites excluding steroid dienone is 2. The molecule has 0 atom stereocenters. The Bertz CT molecular complexity index is 128. The van der Waals surface area contributed by atoms with Crippen LogP contribution >= 0.6 is 0 Å². The average molecular weight is 156 g/mol. The van der Waals surface area contributed by atoms with Crippen molar-refractivity contribution < 1.29 is 9.90 Å². The molecule has 0 aromatic carbocycles. The average Bonchev–Trinajstić information content (AvgIpc) is 1.96. The molecule has 0 aromatic heterocycles. The van der Waals surface area contributed by atoms with Gasteiger partial charge in [-0.25, -0.2) is 0 Å². The molecule has 0 rings (SSSR count). The zero-order chi connectivity index (χ0) is 8.53. The van der Waals surface area contributed by atoms with Gasteiger partial charge in [0.2, 0.25) is 0 Å². The second kappa shape index (κ2) is 7.32. The molecule has 2 nitrogen and oxygen atoms in total. The van der Waals surface area contributed by atoms with Crippen LogP contribution in [0, 0.1) is 0 Å². The van der Waals surface area contributed by atoms with Crippen molar-refractivity contribution in [3.63, 3.8) is 0 Å². The van der Waals surface area contributed by atoms with Crippen molar-refractivity contribution in [3.05, 3.63) is 12.2 Å². The lowest BCUT2D eigenvalue weighted by molar-refractivity contribution is -0.136. The van der Waals surface area contributed by atoms with Crippen LogP contribution in [0.5, 0.6) is 0 Å². The van der Waals surface area contributed by atoms with Gasteiger partial charge in [-0.2, -0.15) is 0 Å². The third kappa shape index (κ3) is 9.21. The minimum absolute atomic E-state index is 0.253. The highest BCUT2D eigenvalue weighted by Gasteiger charge is 1.90. The lowest BCUT2D eigenvalue weighted by Crippen LogP contribution is -1.91. The molecular weight excluding hydrogens is 140 g/mol. The van der Waals surface area contributed by atoms with Crippen LogP contribution in [-0.2, 0) is 4.79 Å². The third-order valence-electron chi connectivity index (χ3n) is 1.42. The first kappa shape index (κ1) is 10.2. The smallest absolute Gasteiger partial charge is 0.303 e. The highest BCUT2D eigenvalue weighted by atomic mass is 16.4. The highest BCUT2D eigenvalue weighted by molar-refractivity contribution is 5.66. The number of carboxylic acid groups (broad SMARTS) is 1. The Balaban J connectivity index is 3.10. The molecule has 0 amide bonds. The van der Waals surface area contributed by atoms with Crippen molar-refractivity contribution in [1.29, 1.82) is 0 Å². The number of rotatable bonds is 6. The molecule has 0 saturated heterocycles. The van der Waals surface area contributed by atoms with E-state index in [4.69, 9.17) is 5.11 Å². The topological polar surface area (TPSA) is 37.3 Å². The fourth-order valence-corrected chi connectivity index (χ4v) is 0.764. The van der Waals surface area contributed by atoms with Gasteiger partial charge in [0.25, 0.3) is 0 Å². The summed E-state index contributed by atoms with van der Waals surface area (Å²) in [6.07, 6.45) is 8.40. The number of hydrogen-bond acceptors (Lipinski definition) is 1. The zero-order valence-corrected chi connectivity index (χ0v) is 7.05. The molecule has 0 aliphatic carbocycles. The van der Waals surface area contributed by atoms with Gasteiger partial charge in [-0.15, -0.1) is 0 Å². The second-order valence-corrected chi connectivity index (χ2v) is 2.55. The molecular formula is C9H16O2. The molecule has 0 spiro atoms. The van der Waals surface area contributed by atoms with Crippen LogP contribution in [0.3, 0.4) is 0 Å². The maximum absolute atomic E-state index is 10.1. The number of aliphatic carboxylic acids is 1. The van der Waals surface area contributed by atoms with E-state index in [0.29, 0.717) is 6.42 Å². The fraction of sp³-hybridized carbons (Fsp3) is 0.667. The summed E-state index contributed by atoms with van der Waals surface area (Å²) in [5, 5.41) is 8.28. The maximum atomic E-state index is 10.1. The lowest BCUT2D eigenvalue weighted by Gasteiger charge is -1.88. The summed E-state index contributed by atoms with van der Waals surface area (Å²) in [6, 6.07) is 0. The predicted octanol–water partition coefficient (Wildman–Crippen LogP) is 2.60. The van der Waals surface area contributed by atoms with E-state index in [9.17, 15) is 4.79 Å². The van der Waals surface area contributed by atoms with Crippen LogP contribution in [0.2, 0.25) is 0 Å². The van der Waals surface area contributed by atoms with Gasteiger partial charge in [-0.05, 0) is 12.8 Å². The van der Waals surface area contributed by atoms with Crippen LogP contribution in [0.15, 0.2) is 12.2 Å². The van der Waals surface area contributed by atoms with Crippen LogP contribution < -0.4 is 0 Å². The van der Waals surface area contributed by atoms with Gasteiger partial charge >= 0.3 is 5.97 Å². The Morgan fingerprint density at radius 1 is 1.36 bits per heavy atom. The first-order valence-electron chi connectivity index (χ1n) is 4.14. The molecule has 0 heterocycles. The maximum Gasteiger partial charge on any atom is 0.303 e. The molecule has 0 bridgehead atoms. The third-order valence-corrected chi connectivity index (χ3v) is 1.42. The number of hydrogen-bond donors (Lipinski definition) is 1. The molecule has 0 unspecified atom stereocenters. The molecule has 0 saturated carbocycles. The highest BCUT2D eigenvalue weighted by Crippen LogP contribution is 1.97. The van der Waals surface area contributed by atoms with Crippen molar-refractivity contribution in [3.8, 4) is 0 Å². The van der Waals surface area contributed by atoms with Crippen molar-refractivity contribution in [2.75, 3.05) is 0 Å². The molecule has 0 radical (unpaired) electrons. The molecule has 0 fully saturated rings. The summed E-state index contributed by atoms with van der Waals surface area (Å²) in [5.41, 5.74) is 0. The number of carboxylic acids is 1. The van der Waals surface area contributed by atoms with Gasteiger partial charge in [0.15, 0.2) is 0 Å². The van der Waals surface area contributed by atoms with Crippen molar-refractivity contribution in [2.45, 2.75) is 39.0 Å². The van der Waals surface area contributed by atoms with Gasteiger partial charge < -0.3 is 5.11 Å². The normalized spacial score (nSPS) is 10.6. The van der Waals surface area contributed by atoms with Crippen LogP contribution in [-0.4, -0.2) is 11.1 Å². The summed E-state index contributed by atoms with van der Waals surface area (Å²) in [6.45, 7) is 2.14. The number of carbonyl (C=O) groups is 1. The fourth-order valence-electron chi connectivity index (χ4n) is 0.764. The first-order valence-corrected chi connectivity index (χ1v) is 4.14. The summed E-state index contributed by atoms with van der Waals surface area (Å²) in [5.74, 6) is -0.717. The van der Waals surface area contributed by atoms with E-state index in [1.807, 2.05) is 6.08 Å². The van der Waals surface area contributed by atoms with Crippen molar-refractivity contribution in [2.24, 2.45) is 0 Å². The minimum atomic E-state index is -0.717. The molecule has 0 aromatic rings. The first-order chi connectivity index (χ1) is 5.27. The van der Waals surface area contributed by atoms with E-state index in [0.717, 1.165) is 6.42 Å². The van der Waals surface area contributed by atoms with E-state index in [-0.39, 0.29) is 6.42 Å². The zero-order valence-electron chi connectivity index (χ0n) is 7.05. The Labute approximate surface area is 67.9 Å². The Hall–Kier alpha value is -0.790. The summed E-state index contributed by atoms with van der Waals surface area (Å²) in [4.78, 5) is 10.1. The van der Waals surface area contributed by atoms with E-state index < -0.39 is 5.97 Å². The van der Waals surface area contributed by atoms with Crippen LogP contribution in [0.25, 0.3) is 0 Å². The molecule has 1 N–H and O–H groups in total. The Morgan fingerprint density at radius 2 is 2.00 bits per heavy atom. The van der Waals surface area contributed by atoms with Gasteiger partial charge in [0.05, 0.1) is 0 Å². The predicted molar refractivity (Wildman–Crippen MR) is 45.5 cm³/mol. The molecule has 0 aliphatic rings. The molecule has 0 aliphatic heterocycles. The van der Waals surface area contributed by atoms with E-state index in [2.05, 4.69) is 13.0 Å². The van der Waals surface area contributed by atoms with Crippen LogP contribution in [0.1, 0.15) is 39.0 Å². The van der Waals surface area contributed by atoms with Gasteiger partial charge in [-0.1, -0.05) is 31.9 Å². The largest absolute Gasteiger partial charge is 0.481 e. The quantitative estimate of drug-likeness (QED) is 0.474. The summed E-state index contributed by atoms with van der Waals surface area (Å²) in [7, 11) is 0. The molecule has 64 valence electrons. The van der Waals surface area contributed by atoms with Gasteiger partial charge in [0, 0.05) is 6.42 Å². The van der Waals surface area contributed by atoms with Crippen molar-refractivity contribution in [1.82, 2.24) is 0 Å². The molecule has 2 heteroatoms. The minimum Gasteiger partial charge on any atom is -0.481 e. The van der Waals surface area contributed by atoms with Gasteiger partial charge in [-0.3, -0.25) is 4.79 Å². The Kier molecular flexibility index (Phi) is 6.79. The van der Waals surface area contributed by atoms with Crippen molar-refractivity contribution >= 4 is 5.97 Å². The Morgan fingerprint density at radius 3 is 2.55 bits per heavy atom. The SMILES string of the molecule is CCCCC=CCCC(=O)O. The van der Waals surface area contributed by atoms with E-state index in [1.54, 1.807) is 0 Å². The molecule has 11 heavy (non-hydrogen) atoms.